The molecule has 9 aromatic rings. The van der Waals surface area contributed by atoms with Gasteiger partial charge in [0.25, 0.3) is 5.56 Å². The van der Waals surface area contributed by atoms with Gasteiger partial charge in [-0.1, -0.05) is 157 Å². The monoisotopic (exact) mass is 648 g/mol. The molecule has 0 saturated heterocycles. The van der Waals surface area contributed by atoms with Crippen LogP contribution in [0.2, 0.25) is 0 Å². The lowest BCUT2D eigenvalue weighted by Gasteiger charge is -2.21. The second kappa shape index (κ2) is 12.0. The summed E-state index contributed by atoms with van der Waals surface area (Å²) in [7, 11) is 0. The van der Waals surface area contributed by atoms with E-state index in [9.17, 15) is 4.79 Å². The van der Waals surface area contributed by atoms with E-state index in [1.165, 1.54) is 37.9 Å². The van der Waals surface area contributed by atoms with E-state index >= 15 is 0 Å². The van der Waals surface area contributed by atoms with E-state index in [1.807, 2.05) is 38.2 Å². The number of pyridine rings is 1. The van der Waals surface area contributed by atoms with Crippen LogP contribution in [0.1, 0.15) is 52.7 Å². The second-order valence-electron chi connectivity index (χ2n) is 13.1. The van der Waals surface area contributed by atoms with Crippen molar-refractivity contribution in [2.45, 2.75) is 47.0 Å². The molecule has 0 aliphatic heterocycles. The number of nitrogens with zero attached hydrogens (tertiary/aromatic N) is 2. The summed E-state index contributed by atoms with van der Waals surface area (Å²) in [6.07, 6.45) is 0. The zero-order valence-electron chi connectivity index (χ0n) is 29.5. The smallest absolute Gasteiger partial charge is 0.261 e. The Morgan fingerprint density at radius 3 is 1.76 bits per heavy atom. The van der Waals surface area contributed by atoms with Gasteiger partial charge in [0.05, 0.1) is 11.0 Å². The van der Waals surface area contributed by atoms with Crippen LogP contribution in [0.4, 0.5) is 0 Å². The topological polar surface area (TPSA) is 34.4 Å². The van der Waals surface area contributed by atoms with Crippen molar-refractivity contribution >= 4 is 48.7 Å². The van der Waals surface area contributed by atoms with Crippen LogP contribution in [0.3, 0.4) is 0 Å². The highest BCUT2D eigenvalue weighted by atomic mass is 16.1. The summed E-state index contributed by atoms with van der Waals surface area (Å²) in [4.78, 5) is 19.7. The standard InChI is InChI=1S/C43H28N2O.2C2H6/c1-43(2)36-19-8-7-17-33(36)38-34-18-10-20-37-40(34)45(42(46)39(38)43)41(44-37)27-12-9-11-25(23-27)26-21-22-32-30-15-4-3-13-28(30)29-14-5-6-16-31(29)35(32)24-26;2*1-2/h3-24H,1-2H3;2*1-2H3. The van der Waals surface area contributed by atoms with Gasteiger partial charge in [-0.2, -0.15) is 0 Å². The maximum absolute atomic E-state index is 14.6. The molecule has 0 bridgehead atoms. The minimum atomic E-state index is -0.412. The third-order valence-corrected chi connectivity index (χ3v) is 10.3. The number of rotatable bonds is 2. The minimum Gasteiger partial charge on any atom is -0.269 e. The van der Waals surface area contributed by atoms with Crippen molar-refractivity contribution in [2.75, 3.05) is 0 Å². The van der Waals surface area contributed by atoms with Crippen molar-refractivity contribution in [1.82, 2.24) is 9.38 Å². The van der Waals surface area contributed by atoms with Crippen molar-refractivity contribution in [2.24, 2.45) is 0 Å². The Balaban J connectivity index is 0.000000873. The first-order valence-electron chi connectivity index (χ1n) is 17.9. The number of para-hydroxylation sites is 1. The maximum Gasteiger partial charge on any atom is 0.261 e. The molecule has 0 spiro atoms. The van der Waals surface area contributed by atoms with Crippen LogP contribution >= 0.6 is 0 Å². The molecule has 1 aliphatic rings. The summed E-state index contributed by atoms with van der Waals surface area (Å²) in [5, 5.41) is 8.62. The first-order chi connectivity index (χ1) is 24.5. The van der Waals surface area contributed by atoms with E-state index in [0.29, 0.717) is 5.82 Å². The highest BCUT2D eigenvalue weighted by molar-refractivity contribution is 6.25. The van der Waals surface area contributed by atoms with E-state index in [2.05, 4.69) is 141 Å². The molecule has 50 heavy (non-hydrogen) atoms. The maximum atomic E-state index is 14.6. The quantitative estimate of drug-likeness (QED) is 0.175. The van der Waals surface area contributed by atoms with Gasteiger partial charge in [-0.3, -0.25) is 9.20 Å². The Labute approximate surface area is 292 Å². The van der Waals surface area contributed by atoms with Gasteiger partial charge in [0.1, 0.15) is 5.82 Å². The van der Waals surface area contributed by atoms with Crippen LogP contribution in [0.25, 0.3) is 82.4 Å². The van der Waals surface area contributed by atoms with Crippen LogP contribution in [0.5, 0.6) is 0 Å². The zero-order valence-corrected chi connectivity index (χ0v) is 29.5. The highest BCUT2D eigenvalue weighted by Crippen LogP contribution is 2.50. The Kier molecular flexibility index (Phi) is 7.53. The summed E-state index contributed by atoms with van der Waals surface area (Å²) in [6, 6.07) is 47.3. The summed E-state index contributed by atoms with van der Waals surface area (Å²) in [6.45, 7) is 12.3. The number of benzene rings is 7. The molecule has 3 heteroatoms. The van der Waals surface area contributed by atoms with Gasteiger partial charge in [-0.25, -0.2) is 4.98 Å². The highest BCUT2D eigenvalue weighted by Gasteiger charge is 2.40. The SMILES string of the molecule is CC.CC.CC1(C)c2ccccc2-c2c1c(=O)n1c(-c3cccc(-c4ccc5c6ccccc6c6ccccc6c5c4)c3)nc3cccc2c31. The number of hydrogen-bond acceptors (Lipinski definition) is 2. The molecule has 0 fully saturated rings. The first-order valence-corrected chi connectivity index (χ1v) is 17.9. The molecule has 244 valence electrons. The fourth-order valence-corrected chi connectivity index (χ4v) is 8.24. The van der Waals surface area contributed by atoms with Crippen molar-refractivity contribution in [1.29, 1.82) is 0 Å². The fourth-order valence-electron chi connectivity index (χ4n) is 8.24. The molecular weight excluding hydrogens is 609 g/mol. The van der Waals surface area contributed by atoms with E-state index in [1.54, 1.807) is 0 Å². The van der Waals surface area contributed by atoms with E-state index in [4.69, 9.17) is 4.98 Å². The molecule has 0 atom stereocenters. The van der Waals surface area contributed by atoms with Gasteiger partial charge < -0.3 is 0 Å². The van der Waals surface area contributed by atoms with Gasteiger partial charge in [-0.15, -0.1) is 0 Å². The normalized spacial score (nSPS) is 12.8. The Hall–Kier alpha value is -5.80. The summed E-state index contributed by atoms with van der Waals surface area (Å²) < 4.78 is 1.87. The van der Waals surface area contributed by atoms with E-state index in [-0.39, 0.29) is 5.56 Å². The largest absolute Gasteiger partial charge is 0.269 e. The average Bonchev–Trinajstić information content (AvgIpc) is 3.69. The molecule has 0 unspecified atom stereocenters. The minimum absolute atomic E-state index is 0.0156. The van der Waals surface area contributed by atoms with Crippen LogP contribution < -0.4 is 5.56 Å². The van der Waals surface area contributed by atoms with Gasteiger partial charge in [0.2, 0.25) is 0 Å². The van der Waals surface area contributed by atoms with Crippen molar-refractivity contribution in [3.63, 3.8) is 0 Å². The Bertz CT molecular complexity index is 2770. The summed E-state index contributed by atoms with van der Waals surface area (Å²) in [5.41, 5.74) is 8.73. The fraction of sp³-hybridized carbons (Fsp3) is 0.149. The van der Waals surface area contributed by atoms with Crippen LogP contribution in [-0.4, -0.2) is 9.38 Å². The molecule has 2 heterocycles. The Morgan fingerprint density at radius 2 is 1.06 bits per heavy atom. The molecule has 7 aromatic carbocycles. The van der Waals surface area contributed by atoms with Crippen LogP contribution in [0, 0.1) is 0 Å². The van der Waals surface area contributed by atoms with Gasteiger partial charge in [-0.05, 0) is 72.8 Å². The van der Waals surface area contributed by atoms with Crippen molar-refractivity contribution < 1.29 is 0 Å². The number of aromatic nitrogens is 2. The molecular formula is C47H40N2O. The lowest BCUT2D eigenvalue weighted by atomic mass is 9.83. The molecule has 3 nitrogen and oxygen atoms in total. The second-order valence-corrected chi connectivity index (χ2v) is 13.1. The van der Waals surface area contributed by atoms with Crippen molar-refractivity contribution in [3.8, 4) is 33.6 Å². The zero-order chi connectivity index (χ0) is 34.7. The third kappa shape index (κ3) is 4.36. The number of hydrogen-bond donors (Lipinski definition) is 0. The number of imidazole rings is 1. The molecule has 0 saturated carbocycles. The number of fused-ring (bicyclic) bond motifs is 10. The van der Waals surface area contributed by atoms with E-state index < -0.39 is 5.41 Å². The molecule has 2 aromatic heterocycles. The molecule has 1 aliphatic carbocycles. The predicted molar refractivity (Wildman–Crippen MR) is 214 cm³/mol. The molecule has 0 N–H and O–H groups in total. The van der Waals surface area contributed by atoms with Gasteiger partial charge >= 0.3 is 0 Å². The lowest BCUT2D eigenvalue weighted by molar-refractivity contribution is 0.649. The van der Waals surface area contributed by atoms with Gasteiger partial charge in [0.15, 0.2) is 0 Å². The summed E-state index contributed by atoms with van der Waals surface area (Å²) in [5.74, 6) is 0.685. The lowest BCUT2D eigenvalue weighted by Crippen LogP contribution is -2.28. The third-order valence-electron chi connectivity index (χ3n) is 10.3. The molecule has 10 rings (SSSR count). The predicted octanol–water partition coefficient (Wildman–Crippen LogP) is 12.4. The molecule has 0 radical (unpaired) electrons. The summed E-state index contributed by atoms with van der Waals surface area (Å²) >= 11 is 0. The Morgan fingerprint density at radius 1 is 0.520 bits per heavy atom. The average molecular weight is 649 g/mol. The molecule has 0 amide bonds. The van der Waals surface area contributed by atoms with Crippen LogP contribution in [0.15, 0.2) is 138 Å². The van der Waals surface area contributed by atoms with Crippen molar-refractivity contribution in [3.05, 3.63) is 155 Å². The first kappa shape index (κ1) is 31.5. The van der Waals surface area contributed by atoms with Crippen LogP contribution in [-0.2, 0) is 5.41 Å². The van der Waals surface area contributed by atoms with Gasteiger partial charge in [0, 0.05) is 27.5 Å². The van der Waals surface area contributed by atoms with E-state index in [0.717, 1.165) is 49.8 Å².